The van der Waals surface area contributed by atoms with E-state index in [1.807, 2.05) is 17.5 Å². The van der Waals surface area contributed by atoms with Crippen molar-refractivity contribution in [3.63, 3.8) is 0 Å². The second kappa shape index (κ2) is 9.19. The van der Waals surface area contributed by atoms with E-state index in [2.05, 4.69) is 32.5 Å². The zero-order valence-corrected chi connectivity index (χ0v) is 18.1. The highest BCUT2D eigenvalue weighted by Crippen LogP contribution is 2.25. The Morgan fingerprint density at radius 3 is 2.84 bits per heavy atom. The Kier molecular flexibility index (Phi) is 6.19. The standard InChI is InChI=1S/C21H22N6O3S/c1-26-19-16(11-23-26)20(29)27(13-22-19)9-7-18(28)25-21-24-17(12-31-21)15-5-3-14(4-6-15)8-10-30-2/h3-6,11-13H,7-10H2,1-2H3,(H,24,25,28). The minimum Gasteiger partial charge on any atom is -0.384 e. The molecule has 0 bridgehead atoms. The van der Waals surface area contributed by atoms with Crippen LogP contribution < -0.4 is 10.9 Å². The first-order chi connectivity index (χ1) is 15.0. The van der Waals surface area contributed by atoms with Gasteiger partial charge in [-0.25, -0.2) is 9.97 Å². The van der Waals surface area contributed by atoms with Crippen LogP contribution in [-0.2, 0) is 29.5 Å². The molecule has 1 amide bonds. The van der Waals surface area contributed by atoms with Crippen LogP contribution in [0.4, 0.5) is 5.13 Å². The van der Waals surface area contributed by atoms with Crippen molar-refractivity contribution in [1.29, 1.82) is 0 Å². The second-order valence-corrected chi connectivity index (χ2v) is 7.88. The van der Waals surface area contributed by atoms with Crippen LogP contribution in [0.1, 0.15) is 12.0 Å². The Morgan fingerprint density at radius 1 is 1.26 bits per heavy atom. The minimum absolute atomic E-state index is 0.135. The van der Waals surface area contributed by atoms with Crippen LogP contribution in [0.25, 0.3) is 22.3 Å². The molecule has 0 saturated heterocycles. The van der Waals surface area contributed by atoms with Crippen LogP contribution in [0.3, 0.4) is 0 Å². The molecule has 9 nitrogen and oxygen atoms in total. The summed E-state index contributed by atoms with van der Waals surface area (Å²) in [6, 6.07) is 8.13. The fraction of sp³-hybridized carbons (Fsp3) is 0.286. The first-order valence-electron chi connectivity index (χ1n) is 9.76. The molecule has 0 spiro atoms. The van der Waals surface area contributed by atoms with Crippen molar-refractivity contribution in [3.05, 3.63) is 58.1 Å². The molecule has 0 saturated carbocycles. The molecule has 3 heterocycles. The summed E-state index contributed by atoms with van der Waals surface area (Å²) in [6.07, 6.45) is 3.93. The molecule has 1 aromatic carbocycles. The van der Waals surface area contributed by atoms with Gasteiger partial charge in [-0.3, -0.25) is 18.8 Å². The van der Waals surface area contributed by atoms with E-state index in [1.54, 1.807) is 18.8 Å². The van der Waals surface area contributed by atoms with Crippen molar-refractivity contribution in [2.45, 2.75) is 19.4 Å². The van der Waals surface area contributed by atoms with Crippen LogP contribution in [0.15, 0.2) is 47.0 Å². The number of amides is 1. The van der Waals surface area contributed by atoms with Gasteiger partial charge in [0.05, 0.1) is 24.8 Å². The van der Waals surface area contributed by atoms with E-state index in [1.165, 1.54) is 34.0 Å². The van der Waals surface area contributed by atoms with Crippen molar-refractivity contribution >= 4 is 33.4 Å². The summed E-state index contributed by atoms with van der Waals surface area (Å²) in [5.74, 6) is -0.214. The summed E-state index contributed by atoms with van der Waals surface area (Å²) in [4.78, 5) is 33.6. The molecule has 0 radical (unpaired) electrons. The molecular weight excluding hydrogens is 416 g/mol. The summed E-state index contributed by atoms with van der Waals surface area (Å²) in [5, 5.41) is 9.71. The first-order valence-corrected chi connectivity index (χ1v) is 10.6. The number of carbonyl (C=O) groups excluding carboxylic acids is 1. The maximum Gasteiger partial charge on any atom is 0.264 e. The molecule has 0 atom stereocenters. The van der Waals surface area contributed by atoms with E-state index >= 15 is 0 Å². The quantitative estimate of drug-likeness (QED) is 0.453. The van der Waals surface area contributed by atoms with E-state index < -0.39 is 0 Å². The minimum atomic E-state index is -0.214. The number of hydrogen-bond acceptors (Lipinski definition) is 7. The van der Waals surface area contributed by atoms with Crippen LogP contribution >= 0.6 is 11.3 Å². The van der Waals surface area contributed by atoms with Gasteiger partial charge in [-0.05, 0) is 12.0 Å². The molecule has 0 aliphatic carbocycles. The smallest absolute Gasteiger partial charge is 0.264 e. The molecule has 0 fully saturated rings. The molecule has 4 rings (SSSR count). The number of methoxy groups -OCH3 is 1. The molecule has 0 aliphatic rings. The zero-order chi connectivity index (χ0) is 21.8. The number of hydrogen-bond donors (Lipinski definition) is 1. The van der Waals surface area contributed by atoms with Gasteiger partial charge in [-0.1, -0.05) is 24.3 Å². The lowest BCUT2D eigenvalue weighted by Crippen LogP contribution is -2.23. The summed E-state index contributed by atoms with van der Waals surface area (Å²) >= 11 is 1.37. The predicted molar refractivity (Wildman–Crippen MR) is 119 cm³/mol. The lowest BCUT2D eigenvalue weighted by atomic mass is 10.1. The molecule has 10 heteroatoms. The van der Waals surface area contributed by atoms with Crippen LogP contribution in [0, 0.1) is 0 Å². The average Bonchev–Trinajstić information content (AvgIpc) is 3.39. The molecular formula is C21H22N6O3S. The van der Waals surface area contributed by atoms with Crippen molar-refractivity contribution in [2.75, 3.05) is 19.0 Å². The Bertz CT molecular complexity index is 1260. The van der Waals surface area contributed by atoms with Gasteiger partial charge < -0.3 is 10.1 Å². The second-order valence-electron chi connectivity index (χ2n) is 7.02. The monoisotopic (exact) mass is 438 g/mol. The predicted octanol–water partition coefficient (Wildman–Crippen LogP) is 2.47. The zero-order valence-electron chi connectivity index (χ0n) is 17.2. The van der Waals surface area contributed by atoms with Gasteiger partial charge in [-0.2, -0.15) is 5.10 Å². The molecule has 31 heavy (non-hydrogen) atoms. The highest BCUT2D eigenvalue weighted by molar-refractivity contribution is 7.14. The molecule has 160 valence electrons. The number of nitrogens with zero attached hydrogens (tertiary/aromatic N) is 5. The third-order valence-corrected chi connectivity index (χ3v) is 5.65. The Morgan fingerprint density at radius 2 is 2.06 bits per heavy atom. The highest BCUT2D eigenvalue weighted by Gasteiger charge is 2.11. The average molecular weight is 439 g/mol. The Labute approximate surface area is 182 Å². The summed E-state index contributed by atoms with van der Waals surface area (Å²) in [6.45, 7) is 0.911. The van der Waals surface area contributed by atoms with Crippen molar-refractivity contribution in [3.8, 4) is 11.3 Å². The van der Waals surface area contributed by atoms with Gasteiger partial charge in [0.25, 0.3) is 5.56 Å². The topological polar surface area (TPSA) is 104 Å². The van der Waals surface area contributed by atoms with E-state index in [-0.39, 0.29) is 24.4 Å². The van der Waals surface area contributed by atoms with Crippen molar-refractivity contribution in [2.24, 2.45) is 7.05 Å². The van der Waals surface area contributed by atoms with Gasteiger partial charge in [0, 0.05) is 38.1 Å². The van der Waals surface area contributed by atoms with Gasteiger partial charge in [0.1, 0.15) is 5.39 Å². The van der Waals surface area contributed by atoms with E-state index in [4.69, 9.17) is 4.74 Å². The number of aryl methyl sites for hydroxylation is 2. The van der Waals surface area contributed by atoms with Gasteiger partial charge in [0.15, 0.2) is 10.8 Å². The number of anilines is 1. The maximum absolute atomic E-state index is 12.5. The van der Waals surface area contributed by atoms with Gasteiger partial charge >= 0.3 is 0 Å². The van der Waals surface area contributed by atoms with Gasteiger partial charge in [-0.15, -0.1) is 11.3 Å². The Hall–Kier alpha value is -3.37. The number of fused-ring (bicyclic) bond motifs is 1. The lowest BCUT2D eigenvalue weighted by molar-refractivity contribution is -0.116. The highest BCUT2D eigenvalue weighted by atomic mass is 32.1. The largest absolute Gasteiger partial charge is 0.384 e. The summed E-state index contributed by atoms with van der Waals surface area (Å²) in [7, 11) is 3.42. The summed E-state index contributed by atoms with van der Waals surface area (Å²) in [5.41, 5.74) is 3.30. The van der Waals surface area contributed by atoms with Crippen molar-refractivity contribution in [1.82, 2.24) is 24.3 Å². The summed E-state index contributed by atoms with van der Waals surface area (Å²) < 4.78 is 8.06. The van der Waals surface area contributed by atoms with E-state index in [0.29, 0.717) is 22.8 Å². The SMILES string of the molecule is COCCc1ccc(-c2csc(NC(=O)CCn3cnc4c(cnn4C)c3=O)n2)cc1. The third-order valence-electron chi connectivity index (χ3n) is 4.89. The van der Waals surface area contributed by atoms with Crippen molar-refractivity contribution < 1.29 is 9.53 Å². The Balaban J connectivity index is 1.36. The normalized spacial score (nSPS) is 11.2. The van der Waals surface area contributed by atoms with Crippen LogP contribution in [-0.4, -0.2) is 43.9 Å². The number of thiazole rings is 1. The fourth-order valence-electron chi connectivity index (χ4n) is 3.16. The first kappa shape index (κ1) is 20.9. The lowest BCUT2D eigenvalue weighted by Gasteiger charge is -2.05. The number of benzene rings is 1. The number of ether oxygens (including phenoxy) is 1. The molecule has 4 aromatic rings. The third kappa shape index (κ3) is 4.70. The number of rotatable bonds is 8. The van der Waals surface area contributed by atoms with Crippen LogP contribution in [0.2, 0.25) is 0 Å². The molecule has 0 unspecified atom stereocenters. The number of nitrogens with one attached hydrogen (secondary N) is 1. The van der Waals surface area contributed by atoms with Crippen LogP contribution in [0.5, 0.6) is 0 Å². The van der Waals surface area contributed by atoms with E-state index in [0.717, 1.165) is 17.7 Å². The fourth-order valence-corrected chi connectivity index (χ4v) is 3.89. The number of aromatic nitrogens is 5. The van der Waals surface area contributed by atoms with E-state index in [9.17, 15) is 9.59 Å². The maximum atomic E-state index is 12.5. The van der Waals surface area contributed by atoms with Gasteiger partial charge in [0.2, 0.25) is 5.91 Å². The number of carbonyl (C=O) groups is 1. The molecule has 3 aromatic heterocycles. The molecule has 1 N–H and O–H groups in total. The molecule has 0 aliphatic heterocycles.